The van der Waals surface area contributed by atoms with E-state index in [0.717, 1.165) is 0 Å². The quantitative estimate of drug-likeness (QED) is 0.840. The van der Waals surface area contributed by atoms with E-state index in [0.29, 0.717) is 17.1 Å². The Morgan fingerprint density at radius 2 is 2.16 bits per heavy atom. The molecule has 0 saturated carbocycles. The van der Waals surface area contributed by atoms with Crippen molar-refractivity contribution < 1.29 is 9.90 Å². The minimum Gasteiger partial charge on any atom is -0.478 e. The van der Waals surface area contributed by atoms with E-state index in [2.05, 4.69) is 10.3 Å². The minimum absolute atomic E-state index is 0.0407. The van der Waals surface area contributed by atoms with Crippen molar-refractivity contribution in [3.05, 3.63) is 52.7 Å². The third-order valence-electron chi connectivity index (χ3n) is 2.31. The highest BCUT2D eigenvalue weighted by Crippen LogP contribution is 2.19. The van der Waals surface area contributed by atoms with E-state index in [4.69, 9.17) is 22.0 Å². The monoisotopic (exact) mass is 273 g/mol. The van der Waals surface area contributed by atoms with E-state index in [9.17, 15) is 4.79 Å². The zero-order chi connectivity index (χ0) is 13.8. The topological polar surface area (TPSA) is 86.0 Å². The molecule has 0 fully saturated rings. The van der Waals surface area contributed by atoms with Crippen LogP contribution in [0.15, 0.2) is 36.4 Å². The number of nitrogens with one attached hydrogen (secondary N) is 1. The van der Waals surface area contributed by atoms with Crippen LogP contribution < -0.4 is 5.32 Å². The molecule has 0 aliphatic carbocycles. The average Bonchev–Trinajstić information content (AvgIpc) is 2.38. The summed E-state index contributed by atoms with van der Waals surface area (Å²) in [5, 5.41) is 20.7. The van der Waals surface area contributed by atoms with Gasteiger partial charge in [0.1, 0.15) is 11.0 Å². The normalized spacial score (nSPS) is 9.68. The largest absolute Gasteiger partial charge is 0.478 e. The maximum atomic E-state index is 10.9. The van der Waals surface area contributed by atoms with Gasteiger partial charge in [-0.1, -0.05) is 17.7 Å². The highest BCUT2D eigenvalue weighted by molar-refractivity contribution is 6.29. The standard InChI is InChI=1S/C13H8ClN3O2/c14-11-5-9(13(18)19)6-12(17-11)16-10-3-1-2-8(4-10)7-15/h1-6H,(H,16,17)(H,18,19). The van der Waals surface area contributed by atoms with Gasteiger partial charge < -0.3 is 10.4 Å². The molecule has 94 valence electrons. The molecule has 2 rings (SSSR count). The maximum absolute atomic E-state index is 10.9. The number of aromatic nitrogens is 1. The fourth-order valence-electron chi connectivity index (χ4n) is 1.50. The lowest BCUT2D eigenvalue weighted by Crippen LogP contribution is -2.00. The van der Waals surface area contributed by atoms with Gasteiger partial charge in [-0.05, 0) is 30.3 Å². The highest BCUT2D eigenvalue weighted by Gasteiger charge is 2.07. The molecule has 0 bridgehead atoms. The highest BCUT2D eigenvalue weighted by atomic mass is 35.5. The molecule has 0 unspecified atom stereocenters. The number of benzene rings is 1. The lowest BCUT2D eigenvalue weighted by molar-refractivity contribution is 0.0697. The lowest BCUT2D eigenvalue weighted by atomic mass is 10.2. The molecule has 2 N–H and O–H groups in total. The molecule has 0 saturated heterocycles. The number of carboxylic acid groups (broad SMARTS) is 1. The van der Waals surface area contributed by atoms with E-state index in [-0.39, 0.29) is 10.7 Å². The van der Waals surface area contributed by atoms with Gasteiger partial charge >= 0.3 is 5.97 Å². The van der Waals surface area contributed by atoms with Gasteiger partial charge in [-0.2, -0.15) is 5.26 Å². The van der Waals surface area contributed by atoms with Crippen LogP contribution in [0.4, 0.5) is 11.5 Å². The summed E-state index contributed by atoms with van der Waals surface area (Å²) in [5.41, 5.74) is 1.16. The summed E-state index contributed by atoms with van der Waals surface area (Å²) in [7, 11) is 0. The van der Waals surface area contributed by atoms with E-state index in [1.807, 2.05) is 6.07 Å². The van der Waals surface area contributed by atoms with Crippen LogP contribution in [-0.2, 0) is 0 Å². The van der Waals surface area contributed by atoms with Gasteiger partial charge in [-0.25, -0.2) is 9.78 Å². The van der Waals surface area contributed by atoms with Crippen molar-refractivity contribution in [3.8, 4) is 6.07 Å². The Hall–Kier alpha value is -2.58. The van der Waals surface area contributed by atoms with Crippen LogP contribution in [0.2, 0.25) is 5.15 Å². The van der Waals surface area contributed by atoms with Gasteiger partial charge in [0.25, 0.3) is 0 Å². The van der Waals surface area contributed by atoms with Gasteiger partial charge in [0.2, 0.25) is 0 Å². The van der Waals surface area contributed by atoms with E-state index >= 15 is 0 Å². The van der Waals surface area contributed by atoms with Crippen LogP contribution >= 0.6 is 11.6 Å². The molecule has 1 heterocycles. The zero-order valence-corrected chi connectivity index (χ0v) is 10.3. The van der Waals surface area contributed by atoms with E-state index < -0.39 is 5.97 Å². The number of hydrogen-bond donors (Lipinski definition) is 2. The van der Waals surface area contributed by atoms with Crippen LogP contribution in [0.1, 0.15) is 15.9 Å². The number of aromatic carboxylic acids is 1. The van der Waals surface area contributed by atoms with Crippen LogP contribution in [-0.4, -0.2) is 16.1 Å². The summed E-state index contributed by atoms with van der Waals surface area (Å²) in [6.45, 7) is 0. The van der Waals surface area contributed by atoms with Crippen LogP contribution in [0.5, 0.6) is 0 Å². The number of anilines is 2. The number of nitriles is 1. The number of rotatable bonds is 3. The number of carboxylic acids is 1. The molecule has 5 nitrogen and oxygen atoms in total. The number of hydrogen-bond acceptors (Lipinski definition) is 4. The summed E-state index contributed by atoms with van der Waals surface area (Å²) in [6.07, 6.45) is 0. The average molecular weight is 274 g/mol. The molecule has 2 aromatic rings. The molecular formula is C13H8ClN3O2. The maximum Gasteiger partial charge on any atom is 0.335 e. The Morgan fingerprint density at radius 3 is 2.84 bits per heavy atom. The summed E-state index contributed by atoms with van der Waals surface area (Å²) in [4.78, 5) is 14.9. The van der Waals surface area contributed by atoms with Crippen molar-refractivity contribution >= 4 is 29.1 Å². The Balaban J connectivity index is 2.33. The van der Waals surface area contributed by atoms with Crippen molar-refractivity contribution in [2.24, 2.45) is 0 Å². The van der Waals surface area contributed by atoms with Crippen molar-refractivity contribution in [2.75, 3.05) is 5.32 Å². The molecule has 0 aliphatic heterocycles. The van der Waals surface area contributed by atoms with Crippen molar-refractivity contribution in [2.45, 2.75) is 0 Å². The van der Waals surface area contributed by atoms with E-state index in [1.54, 1.807) is 24.3 Å². The SMILES string of the molecule is N#Cc1cccc(Nc2cc(C(=O)O)cc(Cl)n2)c1. The Kier molecular flexibility index (Phi) is 3.64. The smallest absolute Gasteiger partial charge is 0.335 e. The summed E-state index contributed by atoms with van der Waals surface area (Å²) >= 11 is 5.75. The molecule has 1 aromatic heterocycles. The second kappa shape index (κ2) is 5.38. The molecule has 19 heavy (non-hydrogen) atoms. The van der Waals surface area contributed by atoms with Crippen LogP contribution in [0, 0.1) is 11.3 Å². The summed E-state index contributed by atoms with van der Waals surface area (Å²) in [5.74, 6) is -0.780. The summed E-state index contributed by atoms with van der Waals surface area (Å²) in [6, 6.07) is 11.4. The lowest BCUT2D eigenvalue weighted by Gasteiger charge is -2.07. The van der Waals surface area contributed by atoms with Gasteiger partial charge in [-0.15, -0.1) is 0 Å². The van der Waals surface area contributed by atoms with Gasteiger partial charge in [-0.3, -0.25) is 0 Å². The van der Waals surface area contributed by atoms with Crippen LogP contribution in [0.25, 0.3) is 0 Å². The second-order valence-corrected chi connectivity index (χ2v) is 4.07. The third-order valence-corrected chi connectivity index (χ3v) is 2.50. The number of halogens is 1. The fourth-order valence-corrected chi connectivity index (χ4v) is 1.71. The molecular weight excluding hydrogens is 266 g/mol. The molecule has 0 spiro atoms. The first kappa shape index (κ1) is 12.9. The van der Waals surface area contributed by atoms with Gasteiger partial charge in [0.05, 0.1) is 17.2 Å². The Labute approximate surface area is 114 Å². The van der Waals surface area contributed by atoms with Crippen molar-refractivity contribution in [1.82, 2.24) is 4.98 Å². The number of nitrogens with zero attached hydrogens (tertiary/aromatic N) is 2. The second-order valence-electron chi connectivity index (χ2n) is 3.69. The first-order chi connectivity index (χ1) is 9.08. The first-order valence-corrected chi connectivity index (χ1v) is 5.64. The first-order valence-electron chi connectivity index (χ1n) is 5.26. The molecule has 0 radical (unpaired) electrons. The Bertz CT molecular complexity index is 680. The van der Waals surface area contributed by atoms with Gasteiger partial charge in [0.15, 0.2) is 0 Å². The third kappa shape index (κ3) is 3.21. The summed E-state index contributed by atoms with van der Waals surface area (Å²) < 4.78 is 0. The minimum atomic E-state index is -1.09. The van der Waals surface area contributed by atoms with E-state index in [1.165, 1.54) is 12.1 Å². The molecule has 0 atom stereocenters. The molecule has 1 aromatic carbocycles. The molecule has 6 heteroatoms. The number of pyridine rings is 1. The Morgan fingerprint density at radius 1 is 1.37 bits per heavy atom. The molecule has 0 aliphatic rings. The predicted octanol–water partition coefficient (Wildman–Crippen LogP) is 3.05. The van der Waals surface area contributed by atoms with Crippen LogP contribution in [0.3, 0.4) is 0 Å². The number of carbonyl (C=O) groups is 1. The predicted molar refractivity (Wildman–Crippen MR) is 70.6 cm³/mol. The van der Waals surface area contributed by atoms with Crippen molar-refractivity contribution in [3.63, 3.8) is 0 Å². The fraction of sp³-hybridized carbons (Fsp3) is 0. The molecule has 0 amide bonds. The van der Waals surface area contributed by atoms with Gasteiger partial charge in [0, 0.05) is 5.69 Å². The zero-order valence-electron chi connectivity index (χ0n) is 9.59. The van der Waals surface area contributed by atoms with Crippen molar-refractivity contribution in [1.29, 1.82) is 5.26 Å².